The van der Waals surface area contributed by atoms with E-state index in [0.29, 0.717) is 15.9 Å². The molecule has 1 aromatic heterocycles. The number of nitrogen functional groups attached to an aromatic ring is 2. The number of benzene rings is 1. The minimum absolute atomic E-state index is 0.0629. The van der Waals surface area contributed by atoms with Crippen molar-refractivity contribution in [2.45, 2.75) is 6.54 Å². The maximum Gasteiger partial charge on any atom is 0.281 e. The molecule has 1 aromatic carbocycles. The summed E-state index contributed by atoms with van der Waals surface area (Å²) in [5.74, 6) is 5.11. The molecule has 0 unspecified atom stereocenters. The number of aliphatic imine (C=N–C) groups is 1. The highest BCUT2D eigenvalue weighted by Gasteiger charge is 2.28. The number of fused-ring (bicyclic) bond motifs is 1. The monoisotopic (exact) mass is 298 g/mol. The number of anilines is 2. The molecule has 8 heteroatoms. The third kappa shape index (κ3) is 1.97. The molecule has 22 heavy (non-hydrogen) atoms. The molecule has 0 fully saturated rings. The van der Waals surface area contributed by atoms with E-state index in [1.54, 1.807) is 24.3 Å². The van der Waals surface area contributed by atoms with E-state index in [0.717, 1.165) is 0 Å². The molecule has 7 N–H and O–H groups in total. The van der Waals surface area contributed by atoms with Crippen molar-refractivity contribution < 1.29 is 4.79 Å². The van der Waals surface area contributed by atoms with Crippen LogP contribution in [0.1, 0.15) is 21.5 Å². The summed E-state index contributed by atoms with van der Waals surface area (Å²) in [5, 5.41) is 2.71. The summed E-state index contributed by atoms with van der Waals surface area (Å²) >= 11 is 0. The molecule has 0 bridgehead atoms. The summed E-state index contributed by atoms with van der Waals surface area (Å²) < 4.78 is 0.715. The number of nitrogens with two attached hydrogens (primary N) is 3. The van der Waals surface area contributed by atoms with Crippen LogP contribution in [0.5, 0.6) is 0 Å². The minimum atomic E-state index is -0.567. The Labute approximate surface area is 125 Å². The zero-order valence-electron chi connectivity index (χ0n) is 11.5. The van der Waals surface area contributed by atoms with Crippen LogP contribution >= 0.6 is 0 Å². The first-order valence-electron chi connectivity index (χ1n) is 6.50. The number of nitrogens with zero attached hydrogens (tertiary/aromatic N) is 2. The fraction of sp³-hybridized carbons (Fsp3) is 0.0714. The van der Waals surface area contributed by atoms with Crippen LogP contribution in [-0.2, 0) is 6.54 Å². The van der Waals surface area contributed by atoms with Gasteiger partial charge < -0.3 is 22.6 Å². The van der Waals surface area contributed by atoms with Gasteiger partial charge in [0.1, 0.15) is 11.7 Å². The zero-order chi connectivity index (χ0) is 15.9. The van der Waals surface area contributed by atoms with Crippen molar-refractivity contribution >= 4 is 23.2 Å². The van der Waals surface area contributed by atoms with Gasteiger partial charge in [0.15, 0.2) is 0 Å². The van der Waals surface area contributed by atoms with E-state index in [1.807, 2.05) is 6.07 Å². The third-order valence-corrected chi connectivity index (χ3v) is 3.47. The maximum atomic E-state index is 12.5. The molecule has 1 aliphatic heterocycles. The standard InChI is InChI=1S/C14H14N6O2/c15-11-9-8(6-18-11)10(12(16)20(17)14(9)22)13(21)19-7-4-2-1-3-5-7/h1-5H,6,16-17H2,(H2,15,18)(H,19,21). The van der Waals surface area contributed by atoms with Crippen LogP contribution in [0.2, 0.25) is 0 Å². The third-order valence-electron chi connectivity index (χ3n) is 3.47. The number of carbonyl (C=O) groups excluding carboxylic acids is 1. The van der Waals surface area contributed by atoms with Crippen molar-refractivity contribution in [1.82, 2.24) is 4.68 Å². The van der Waals surface area contributed by atoms with E-state index in [2.05, 4.69) is 10.3 Å². The van der Waals surface area contributed by atoms with Crippen LogP contribution in [0.4, 0.5) is 11.5 Å². The highest BCUT2D eigenvalue weighted by Crippen LogP contribution is 2.24. The second-order valence-corrected chi connectivity index (χ2v) is 4.81. The zero-order valence-corrected chi connectivity index (χ0v) is 11.5. The van der Waals surface area contributed by atoms with Gasteiger partial charge >= 0.3 is 0 Å². The second kappa shape index (κ2) is 4.92. The van der Waals surface area contributed by atoms with E-state index in [4.69, 9.17) is 17.3 Å². The van der Waals surface area contributed by atoms with Gasteiger partial charge in [0.2, 0.25) is 0 Å². The Balaban J connectivity index is 2.11. The van der Waals surface area contributed by atoms with Gasteiger partial charge in [0.25, 0.3) is 11.5 Å². The predicted molar refractivity (Wildman–Crippen MR) is 84.1 cm³/mol. The van der Waals surface area contributed by atoms with Crippen molar-refractivity contribution in [3.8, 4) is 0 Å². The predicted octanol–water partition coefficient (Wildman–Crippen LogP) is -0.385. The van der Waals surface area contributed by atoms with Crippen molar-refractivity contribution in [3.05, 3.63) is 57.4 Å². The molecule has 2 aromatic rings. The van der Waals surface area contributed by atoms with Crippen LogP contribution in [0.15, 0.2) is 40.1 Å². The van der Waals surface area contributed by atoms with Crippen LogP contribution in [0, 0.1) is 0 Å². The smallest absolute Gasteiger partial charge is 0.281 e. The van der Waals surface area contributed by atoms with Crippen LogP contribution in [0.25, 0.3) is 0 Å². The highest BCUT2D eigenvalue weighted by atomic mass is 16.2. The summed E-state index contributed by atoms with van der Waals surface area (Å²) in [4.78, 5) is 28.6. The van der Waals surface area contributed by atoms with Gasteiger partial charge in [0.05, 0.1) is 17.7 Å². The van der Waals surface area contributed by atoms with Crippen molar-refractivity contribution in [1.29, 1.82) is 0 Å². The first-order valence-corrected chi connectivity index (χ1v) is 6.50. The average molecular weight is 298 g/mol. The summed E-state index contributed by atoms with van der Waals surface area (Å²) in [5.41, 5.74) is 12.2. The van der Waals surface area contributed by atoms with E-state index >= 15 is 0 Å². The maximum absolute atomic E-state index is 12.5. The summed E-state index contributed by atoms with van der Waals surface area (Å²) in [7, 11) is 0. The number of hydrogen-bond donors (Lipinski definition) is 4. The van der Waals surface area contributed by atoms with E-state index in [9.17, 15) is 9.59 Å². The van der Waals surface area contributed by atoms with Crippen LogP contribution < -0.4 is 28.2 Å². The van der Waals surface area contributed by atoms with Gasteiger partial charge in [-0.05, 0) is 12.1 Å². The van der Waals surface area contributed by atoms with Gasteiger partial charge in [-0.15, -0.1) is 0 Å². The van der Waals surface area contributed by atoms with Crippen molar-refractivity contribution in [3.63, 3.8) is 0 Å². The van der Waals surface area contributed by atoms with Crippen LogP contribution in [-0.4, -0.2) is 16.4 Å². The fourth-order valence-electron chi connectivity index (χ4n) is 2.39. The Morgan fingerprint density at radius 1 is 1.23 bits per heavy atom. The number of nitrogens with one attached hydrogen (secondary N) is 1. The van der Waals surface area contributed by atoms with Gasteiger partial charge in [0, 0.05) is 11.3 Å². The first kappa shape index (κ1) is 13.7. The van der Waals surface area contributed by atoms with Gasteiger partial charge in [-0.2, -0.15) is 0 Å². The molecular weight excluding hydrogens is 284 g/mol. The lowest BCUT2D eigenvalue weighted by molar-refractivity contribution is 0.102. The molecule has 0 aliphatic carbocycles. The second-order valence-electron chi connectivity index (χ2n) is 4.81. The Morgan fingerprint density at radius 3 is 2.59 bits per heavy atom. The molecule has 8 nitrogen and oxygen atoms in total. The molecule has 0 spiro atoms. The molecule has 0 atom stereocenters. The first-order chi connectivity index (χ1) is 10.5. The summed E-state index contributed by atoms with van der Waals surface area (Å²) in [6, 6.07) is 8.87. The van der Waals surface area contributed by atoms with E-state index in [-0.39, 0.29) is 29.3 Å². The molecule has 0 saturated heterocycles. The molecule has 0 radical (unpaired) electrons. The Hall–Kier alpha value is -3.29. The normalized spacial score (nSPS) is 12.6. The minimum Gasteiger partial charge on any atom is -0.383 e. The Kier molecular flexibility index (Phi) is 3.06. The molecule has 1 amide bonds. The number of carbonyl (C=O) groups is 1. The summed E-state index contributed by atoms with van der Waals surface area (Å²) in [6.07, 6.45) is 0. The highest BCUT2D eigenvalue weighted by molar-refractivity contribution is 6.12. The summed E-state index contributed by atoms with van der Waals surface area (Å²) in [6.45, 7) is 0.124. The molecule has 3 rings (SSSR count). The average Bonchev–Trinajstić information content (AvgIpc) is 2.88. The van der Waals surface area contributed by atoms with Gasteiger partial charge in [-0.25, -0.2) is 4.68 Å². The van der Waals surface area contributed by atoms with E-state index < -0.39 is 11.5 Å². The molecule has 0 saturated carbocycles. The molecule has 1 aliphatic rings. The molecule has 2 heterocycles. The largest absolute Gasteiger partial charge is 0.383 e. The quantitative estimate of drug-likeness (QED) is 0.559. The SMILES string of the molecule is NC1=NCc2c(C(=O)Nc3ccccc3)c(N)n(N)c(=O)c21. The molecule has 112 valence electrons. The fourth-order valence-corrected chi connectivity index (χ4v) is 2.39. The number of amidine groups is 1. The number of rotatable bonds is 2. The lowest BCUT2D eigenvalue weighted by atomic mass is 10.0. The van der Waals surface area contributed by atoms with Crippen LogP contribution in [0.3, 0.4) is 0 Å². The number of pyridine rings is 1. The number of hydrogen-bond acceptors (Lipinski definition) is 6. The number of amides is 1. The topological polar surface area (TPSA) is 142 Å². The van der Waals surface area contributed by atoms with Gasteiger partial charge in [-0.1, -0.05) is 18.2 Å². The van der Waals surface area contributed by atoms with Gasteiger partial charge in [-0.3, -0.25) is 14.6 Å². The Morgan fingerprint density at radius 2 is 1.91 bits per heavy atom. The lowest BCUT2D eigenvalue weighted by Gasteiger charge is -2.14. The van der Waals surface area contributed by atoms with Crippen molar-refractivity contribution in [2.75, 3.05) is 16.9 Å². The number of para-hydroxylation sites is 1. The van der Waals surface area contributed by atoms with E-state index in [1.165, 1.54) is 0 Å². The van der Waals surface area contributed by atoms with Crippen molar-refractivity contribution in [2.24, 2.45) is 10.7 Å². The number of aromatic nitrogens is 1. The Bertz CT molecular complexity index is 854. The molecular formula is C14H14N6O2. The lowest BCUT2D eigenvalue weighted by Crippen LogP contribution is -2.38.